The van der Waals surface area contributed by atoms with Gasteiger partial charge in [-0.2, -0.15) is 0 Å². The van der Waals surface area contributed by atoms with E-state index in [2.05, 4.69) is 0 Å². The van der Waals surface area contributed by atoms with E-state index >= 15 is 0 Å². The fourth-order valence-corrected chi connectivity index (χ4v) is 3.00. The van der Waals surface area contributed by atoms with Gasteiger partial charge >= 0.3 is 5.97 Å². The topological polar surface area (TPSA) is 55.8 Å². The van der Waals surface area contributed by atoms with Crippen molar-refractivity contribution >= 4 is 11.9 Å². The molecule has 150 valence electrons. The van der Waals surface area contributed by atoms with Crippen molar-refractivity contribution in [3.8, 4) is 5.75 Å². The normalized spacial score (nSPS) is 11.6. The Morgan fingerprint density at radius 1 is 1.00 bits per heavy atom. The maximum atomic E-state index is 13.1. The molecule has 5 nitrogen and oxygen atoms in total. The second-order valence-corrected chi connectivity index (χ2v) is 7.07. The molecule has 2 rings (SSSR count). The van der Waals surface area contributed by atoms with Crippen LogP contribution in [0.3, 0.4) is 0 Å². The van der Waals surface area contributed by atoms with E-state index in [1.807, 2.05) is 56.3 Å². The third kappa shape index (κ3) is 5.59. The molecule has 1 amide bonds. The van der Waals surface area contributed by atoms with E-state index in [0.717, 1.165) is 22.4 Å². The standard InChI is InChI=1S/C23H29NO4/c1-16-6-9-20(14-17(16)2)22(25)24(15-18(3)23(26)28-5)13-12-19-7-10-21(27-4)11-8-19/h6-11,14,18H,12-13,15H2,1-5H3. The SMILES string of the molecule is COC(=O)C(C)CN(CCc1ccc(OC)cc1)C(=O)c1ccc(C)c(C)c1. The number of rotatable bonds is 8. The number of esters is 1. The second-order valence-electron chi connectivity index (χ2n) is 7.07. The van der Waals surface area contributed by atoms with Gasteiger partial charge in [-0.15, -0.1) is 0 Å². The van der Waals surface area contributed by atoms with E-state index < -0.39 is 5.92 Å². The fraction of sp³-hybridized carbons (Fsp3) is 0.391. The number of methoxy groups -OCH3 is 2. The van der Waals surface area contributed by atoms with Crippen LogP contribution in [0, 0.1) is 19.8 Å². The van der Waals surface area contributed by atoms with Crippen LogP contribution in [-0.2, 0) is 16.0 Å². The van der Waals surface area contributed by atoms with Crippen molar-refractivity contribution in [2.75, 3.05) is 27.3 Å². The number of aryl methyl sites for hydroxylation is 2. The molecule has 1 atom stereocenters. The van der Waals surface area contributed by atoms with Crippen LogP contribution in [0.2, 0.25) is 0 Å². The van der Waals surface area contributed by atoms with Crippen LogP contribution in [0.1, 0.15) is 34.0 Å². The molecule has 0 heterocycles. The number of nitrogens with zero attached hydrogens (tertiary/aromatic N) is 1. The Kier molecular flexibility index (Phi) is 7.61. The Balaban J connectivity index is 2.18. The van der Waals surface area contributed by atoms with Crippen LogP contribution in [0.4, 0.5) is 0 Å². The van der Waals surface area contributed by atoms with E-state index in [4.69, 9.17) is 9.47 Å². The number of benzene rings is 2. The van der Waals surface area contributed by atoms with Crippen LogP contribution in [0.25, 0.3) is 0 Å². The Labute approximate surface area is 167 Å². The highest BCUT2D eigenvalue weighted by atomic mass is 16.5. The van der Waals surface area contributed by atoms with Gasteiger partial charge < -0.3 is 14.4 Å². The van der Waals surface area contributed by atoms with Crippen LogP contribution < -0.4 is 4.74 Å². The summed E-state index contributed by atoms with van der Waals surface area (Å²) in [7, 11) is 3.00. The second kappa shape index (κ2) is 9.93. The lowest BCUT2D eigenvalue weighted by atomic mass is 10.0. The van der Waals surface area contributed by atoms with Crippen molar-refractivity contribution in [3.05, 3.63) is 64.7 Å². The minimum Gasteiger partial charge on any atom is -0.497 e. The van der Waals surface area contributed by atoms with Crippen molar-refractivity contribution in [2.24, 2.45) is 5.92 Å². The smallest absolute Gasteiger partial charge is 0.310 e. The van der Waals surface area contributed by atoms with Crippen molar-refractivity contribution < 1.29 is 19.1 Å². The highest BCUT2D eigenvalue weighted by Gasteiger charge is 2.22. The Morgan fingerprint density at radius 3 is 2.25 bits per heavy atom. The number of ether oxygens (including phenoxy) is 2. The average Bonchev–Trinajstić information content (AvgIpc) is 2.72. The summed E-state index contributed by atoms with van der Waals surface area (Å²) >= 11 is 0. The molecule has 5 heteroatoms. The first kappa shape index (κ1) is 21.5. The van der Waals surface area contributed by atoms with Gasteiger partial charge in [0.25, 0.3) is 5.91 Å². The zero-order valence-corrected chi connectivity index (χ0v) is 17.3. The summed E-state index contributed by atoms with van der Waals surface area (Å²) in [5, 5.41) is 0. The summed E-state index contributed by atoms with van der Waals surface area (Å²) in [5.41, 5.74) is 3.95. The first-order chi connectivity index (χ1) is 13.3. The highest BCUT2D eigenvalue weighted by molar-refractivity contribution is 5.94. The minimum atomic E-state index is -0.392. The molecule has 2 aromatic carbocycles. The number of carbonyl (C=O) groups excluding carboxylic acids is 2. The Hall–Kier alpha value is -2.82. The first-order valence-electron chi connectivity index (χ1n) is 9.43. The molecule has 28 heavy (non-hydrogen) atoms. The van der Waals surface area contributed by atoms with Gasteiger partial charge in [-0.1, -0.05) is 25.1 Å². The van der Waals surface area contributed by atoms with Gasteiger partial charge in [-0.05, 0) is 61.2 Å². The molecule has 0 saturated carbocycles. The van der Waals surface area contributed by atoms with E-state index in [0.29, 0.717) is 25.1 Å². The molecular weight excluding hydrogens is 354 g/mol. The molecular formula is C23H29NO4. The van der Waals surface area contributed by atoms with Gasteiger partial charge in [0.05, 0.1) is 20.1 Å². The van der Waals surface area contributed by atoms with Crippen molar-refractivity contribution in [3.63, 3.8) is 0 Å². The maximum absolute atomic E-state index is 13.1. The number of hydrogen-bond donors (Lipinski definition) is 0. The summed E-state index contributed by atoms with van der Waals surface area (Å²) in [6, 6.07) is 13.5. The third-order valence-corrected chi connectivity index (χ3v) is 4.97. The molecule has 0 aliphatic rings. The average molecular weight is 383 g/mol. The lowest BCUT2D eigenvalue weighted by molar-refractivity contribution is -0.145. The van der Waals surface area contributed by atoms with Crippen molar-refractivity contribution in [1.29, 1.82) is 0 Å². The van der Waals surface area contributed by atoms with E-state index in [9.17, 15) is 9.59 Å². The fourth-order valence-electron chi connectivity index (χ4n) is 3.00. The maximum Gasteiger partial charge on any atom is 0.310 e. The molecule has 0 N–H and O–H groups in total. The molecule has 0 aliphatic carbocycles. The van der Waals surface area contributed by atoms with E-state index in [1.54, 1.807) is 18.9 Å². The van der Waals surface area contributed by atoms with Gasteiger partial charge in [-0.25, -0.2) is 0 Å². The number of amides is 1. The summed E-state index contributed by atoms with van der Waals surface area (Å²) in [5.74, 6) is 0.0113. The predicted molar refractivity (Wildman–Crippen MR) is 110 cm³/mol. The quantitative estimate of drug-likeness (QED) is 0.651. The lowest BCUT2D eigenvalue weighted by Crippen LogP contribution is -2.38. The van der Waals surface area contributed by atoms with Crippen molar-refractivity contribution in [2.45, 2.75) is 27.2 Å². The highest BCUT2D eigenvalue weighted by Crippen LogP contribution is 2.16. The molecule has 0 saturated heterocycles. The monoisotopic (exact) mass is 383 g/mol. The van der Waals surface area contributed by atoms with E-state index in [-0.39, 0.29) is 11.9 Å². The number of carbonyl (C=O) groups is 2. The molecule has 0 radical (unpaired) electrons. The van der Waals surface area contributed by atoms with E-state index in [1.165, 1.54) is 7.11 Å². The van der Waals surface area contributed by atoms with Gasteiger partial charge in [0.15, 0.2) is 0 Å². The minimum absolute atomic E-state index is 0.0765. The first-order valence-corrected chi connectivity index (χ1v) is 9.43. The molecule has 1 unspecified atom stereocenters. The van der Waals surface area contributed by atoms with Crippen LogP contribution in [-0.4, -0.2) is 44.1 Å². The zero-order valence-electron chi connectivity index (χ0n) is 17.3. The summed E-state index contributed by atoms with van der Waals surface area (Å²) in [6.45, 7) is 6.61. The largest absolute Gasteiger partial charge is 0.497 e. The zero-order chi connectivity index (χ0) is 20.7. The van der Waals surface area contributed by atoms with Crippen LogP contribution >= 0.6 is 0 Å². The lowest BCUT2D eigenvalue weighted by Gasteiger charge is -2.25. The van der Waals surface area contributed by atoms with Gasteiger partial charge in [0.2, 0.25) is 0 Å². The van der Waals surface area contributed by atoms with Crippen LogP contribution in [0.5, 0.6) is 5.75 Å². The Morgan fingerprint density at radius 2 is 1.68 bits per heavy atom. The van der Waals surface area contributed by atoms with Crippen molar-refractivity contribution in [1.82, 2.24) is 4.90 Å². The molecule has 0 spiro atoms. The summed E-state index contributed by atoms with van der Waals surface area (Å²) < 4.78 is 10.0. The predicted octanol–water partition coefficient (Wildman–Crippen LogP) is 3.81. The van der Waals surface area contributed by atoms with Gasteiger partial charge in [0, 0.05) is 18.7 Å². The third-order valence-electron chi connectivity index (χ3n) is 4.97. The number of hydrogen-bond acceptors (Lipinski definition) is 4. The molecule has 0 fully saturated rings. The molecule has 0 aliphatic heterocycles. The summed E-state index contributed by atoms with van der Waals surface area (Å²) in [6.07, 6.45) is 0.689. The Bertz CT molecular complexity index is 814. The van der Waals surface area contributed by atoms with Gasteiger partial charge in [0.1, 0.15) is 5.75 Å². The summed E-state index contributed by atoms with van der Waals surface area (Å²) in [4.78, 5) is 26.7. The molecule has 0 bridgehead atoms. The van der Waals surface area contributed by atoms with Crippen LogP contribution in [0.15, 0.2) is 42.5 Å². The van der Waals surface area contributed by atoms with Gasteiger partial charge in [-0.3, -0.25) is 9.59 Å². The molecule has 2 aromatic rings. The molecule has 0 aromatic heterocycles.